The van der Waals surface area contributed by atoms with Crippen LogP contribution in [0.15, 0.2) is 11.2 Å². The monoisotopic (exact) mass is 259 g/mol. The lowest BCUT2D eigenvalue weighted by Gasteiger charge is -2.19. The predicted octanol–water partition coefficient (Wildman–Crippen LogP) is 1.68. The Kier molecular flexibility index (Phi) is 4.70. The maximum atomic E-state index is 12.0. The molecule has 17 heavy (non-hydrogen) atoms. The third kappa shape index (κ3) is 3.54. The molecule has 0 radical (unpaired) electrons. The van der Waals surface area contributed by atoms with Crippen LogP contribution < -0.4 is 4.72 Å². The van der Waals surface area contributed by atoms with E-state index >= 15 is 0 Å². The Morgan fingerprint density at radius 2 is 2.06 bits per heavy atom. The number of hydrogen-bond donors (Lipinski definition) is 2. The molecule has 0 saturated heterocycles. The minimum atomic E-state index is -3.47. The van der Waals surface area contributed by atoms with E-state index in [4.69, 9.17) is 0 Å². The maximum Gasteiger partial charge on any atom is 0.257 e. The SMILES string of the molecule is CCc1ncc(S(=O)(=O)NC(C)C(C)CC)[nH]1. The molecular formula is C11H21N3O2S. The third-order valence-corrected chi connectivity index (χ3v) is 4.54. The van der Waals surface area contributed by atoms with Gasteiger partial charge in [-0.15, -0.1) is 0 Å². The van der Waals surface area contributed by atoms with Crippen molar-refractivity contribution in [2.75, 3.05) is 0 Å². The lowest BCUT2D eigenvalue weighted by Crippen LogP contribution is -2.37. The molecule has 1 heterocycles. The van der Waals surface area contributed by atoms with Crippen LogP contribution in [0.25, 0.3) is 0 Å². The van der Waals surface area contributed by atoms with Gasteiger partial charge in [0.25, 0.3) is 10.0 Å². The van der Waals surface area contributed by atoms with Crippen molar-refractivity contribution in [3.63, 3.8) is 0 Å². The lowest BCUT2D eigenvalue weighted by molar-refractivity contribution is 0.433. The van der Waals surface area contributed by atoms with Crippen LogP contribution in [-0.4, -0.2) is 24.4 Å². The minimum absolute atomic E-state index is 0.0848. The van der Waals surface area contributed by atoms with Gasteiger partial charge in [-0.05, 0) is 12.8 Å². The Hall–Kier alpha value is -0.880. The van der Waals surface area contributed by atoms with Crippen LogP contribution in [0.5, 0.6) is 0 Å². The van der Waals surface area contributed by atoms with E-state index in [0.29, 0.717) is 18.2 Å². The standard InChI is InChI=1S/C11H21N3O2S/c1-5-8(3)9(4)14-17(15,16)11-7-12-10(6-2)13-11/h7-9,14H,5-6H2,1-4H3,(H,12,13). The van der Waals surface area contributed by atoms with Gasteiger partial charge in [-0.25, -0.2) is 18.1 Å². The van der Waals surface area contributed by atoms with E-state index in [2.05, 4.69) is 14.7 Å². The van der Waals surface area contributed by atoms with Crippen molar-refractivity contribution in [2.24, 2.45) is 5.92 Å². The number of rotatable bonds is 6. The molecule has 0 fully saturated rings. The average Bonchev–Trinajstić information content (AvgIpc) is 2.76. The Morgan fingerprint density at radius 1 is 1.41 bits per heavy atom. The van der Waals surface area contributed by atoms with Gasteiger partial charge < -0.3 is 4.98 Å². The molecule has 0 amide bonds. The number of hydrogen-bond acceptors (Lipinski definition) is 3. The molecule has 6 heteroatoms. The number of H-pyrrole nitrogens is 1. The van der Waals surface area contributed by atoms with Crippen LogP contribution in [0.2, 0.25) is 0 Å². The maximum absolute atomic E-state index is 12.0. The van der Waals surface area contributed by atoms with Gasteiger partial charge in [0, 0.05) is 12.5 Å². The van der Waals surface area contributed by atoms with Crippen LogP contribution in [-0.2, 0) is 16.4 Å². The van der Waals surface area contributed by atoms with Crippen molar-refractivity contribution < 1.29 is 8.42 Å². The van der Waals surface area contributed by atoms with Gasteiger partial charge in [0.1, 0.15) is 5.82 Å². The van der Waals surface area contributed by atoms with Crippen molar-refractivity contribution in [3.05, 3.63) is 12.0 Å². The lowest BCUT2D eigenvalue weighted by atomic mass is 10.0. The van der Waals surface area contributed by atoms with Crippen LogP contribution in [0, 0.1) is 5.92 Å². The summed E-state index contributed by atoms with van der Waals surface area (Å²) < 4.78 is 26.7. The van der Waals surface area contributed by atoms with Crippen molar-refractivity contribution in [1.82, 2.24) is 14.7 Å². The summed E-state index contributed by atoms with van der Waals surface area (Å²) in [5.74, 6) is 0.986. The zero-order valence-electron chi connectivity index (χ0n) is 10.8. The third-order valence-electron chi connectivity index (χ3n) is 3.07. The number of aryl methyl sites for hydroxylation is 1. The molecule has 1 aromatic rings. The van der Waals surface area contributed by atoms with Crippen molar-refractivity contribution in [2.45, 2.75) is 51.6 Å². The van der Waals surface area contributed by atoms with E-state index in [9.17, 15) is 8.42 Å². The summed E-state index contributed by atoms with van der Waals surface area (Å²) in [7, 11) is -3.47. The number of aromatic amines is 1. The second kappa shape index (κ2) is 5.64. The zero-order valence-corrected chi connectivity index (χ0v) is 11.6. The highest BCUT2D eigenvalue weighted by molar-refractivity contribution is 7.89. The van der Waals surface area contributed by atoms with Crippen molar-refractivity contribution >= 4 is 10.0 Å². The molecule has 2 N–H and O–H groups in total. The second-order valence-electron chi connectivity index (χ2n) is 4.34. The van der Waals surface area contributed by atoms with Crippen LogP contribution in [0.3, 0.4) is 0 Å². The molecule has 98 valence electrons. The number of sulfonamides is 1. The van der Waals surface area contributed by atoms with Crippen LogP contribution >= 0.6 is 0 Å². The van der Waals surface area contributed by atoms with Gasteiger partial charge >= 0.3 is 0 Å². The number of imidazole rings is 1. The van der Waals surface area contributed by atoms with E-state index < -0.39 is 10.0 Å². The number of nitrogens with zero attached hydrogens (tertiary/aromatic N) is 1. The first kappa shape index (κ1) is 14.2. The van der Waals surface area contributed by atoms with Gasteiger partial charge in [-0.3, -0.25) is 0 Å². The van der Waals surface area contributed by atoms with Crippen LogP contribution in [0.1, 0.15) is 39.9 Å². The van der Waals surface area contributed by atoms with Gasteiger partial charge in [-0.1, -0.05) is 27.2 Å². The fourth-order valence-electron chi connectivity index (χ4n) is 1.44. The minimum Gasteiger partial charge on any atom is -0.332 e. The van der Waals surface area contributed by atoms with Crippen LogP contribution in [0.4, 0.5) is 0 Å². The molecule has 1 rings (SSSR count). The Morgan fingerprint density at radius 3 is 2.53 bits per heavy atom. The Labute approximate surface area is 103 Å². The smallest absolute Gasteiger partial charge is 0.257 e. The molecule has 0 bridgehead atoms. The van der Waals surface area contributed by atoms with Gasteiger partial charge in [0.05, 0.1) is 6.20 Å². The fraction of sp³-hybridized carbons (Fsp3) is 0.727. The van der Waals surface area contributed by atoms with E-state index in [1.165, 1.54) is 6.20 Å². The molecule has 0 saturated carbocycles. The molecule has 0 aliphatic rings. The first-order chi connectivity index (χ1) is 7.90. The van der Waals surface area contributed by atoms with E-state index in [0.717, 1.165) is 6.42 Å². The molecule has 0 aliphatic carbocycles. The second-order valence-corrected chi connectivity index (χ2v) is 6.03. The van der Waals surface area contributed by atoms with Gasteiger partial charge in [0.15, 0.2) is 5.03 Å². The highest BCUT2D eigenvalue weighted by atomic mass is 32.2. The quantitative estimate of drug-likeness (QED) is 0.816. The summed E-state index contributed by atoms with van der Waals surface area (Å²) in [6, 6.07) is -0.0848. The Balaban J connectivity index is 2.81. The van der Waals surface area contributed by atoms with Crippen molar-refractivity contribution in [3.8, 4) is 0 Å². The molecule has 5 nitrogen and oxygen atoms in total. The van der Waals surface area contributed by atoms with E-state index in [1.807, 2.05) is 27.7 Å². The predicted molar refractivity (Wildman–Crippen MR) is 67.2 cm³/mol. The normalized spacial score (nSPS) is 15.8. The topological polar surface area (TPSA) is 74.8 Å². The largest absolute Gasteiger partial charge is 0.332 e. The van der Waals surface area contributed by atoms with Crippen molar-refractivity contribution in [1.29, 1.82) is 0 Å². The van der Waals surface area contributed by atoms with E-state index in [-0.39, 0.29) is 11.1 Å². The summed E-state index contributed by atoms with van der Waals surface area (Å²) in [5, 5.41) is 0.143. The zero-order chi connectivity index (χ0) is 13.1. The summed E-state index contributed by atoms with van der Waals surface area (Å²) in [4.78, 5) is 6.80. The molecule has 0 aliphatic heterocycles. The highest BCUT2D eigenvalue weighted by Crippen LogP contribution is 2.12. The fourth-order valence-corrected chi connectivity index (χ4v) is 2.73. The summed E-state index contributed by atoms with van der Waals surface area (Å²) in [6.07, 6.45) is 2.99. The number of aromatic nitrogens is 2. The molecule has 2 atom stereocenters. The summed E-state index contributed by atoms with van der Waals surface area (Å²) in [6.45, 7) is 7.87. The molecule has 2 unspecified atom stereocenters. The molecular weight excluding hydrogens is 238 g/mol. The Bertz CT molecular complexity index is 453. The van der Waals surface area contributed by atoms with Gasteiger partial charge in [0.2, 0.25) is 0 Å². The molecule has 0 spiro atoms. The first-order valence-corrected chi connectivity index (χ1v) is 7.45. The highest BCUT2D eigenvalue weighted by Gasteiger charge is 2.22. The van der Waals surface area contributed by atoms with Gasteiger partial charge in [-0.2, -0.15) is 0 Å². The van der Waals surface area contributed by atoms with E-state index in [1.54, 1.807) is 0 Å². The summed E-state index contributed by atoms with van der Waals surface area (Å²) >= 11 is 0. The first-order valence-electron chi connectivity index (χ1n) is 5.96. The summed E-state index contributed by atoms with van der Waals surface area (Å²) in [5.41, 5.74) is 0. The number of nitrogens with one attached hydrogen (secondary N) is 2. The molecule has 0 aromatic carbocycles. The average molecular weight is 259 g/mol. The molecule has 1 aromatic heterocycles.